The van der Waals surface area contributed by atoms with Crippen molar-refractivity contribution in [1.29, 1.82) is 0 Å². The minimum atomic E-state index is -4.04. The monoisotopic (exact) mass is 520 g/mol. The largest absolute Gasteiger partial charge is 0.273 e. The molecule has 14 heteroatoms. The molecule has 0 radical (unpaired) electrons. The number of halogens is 9. The minimum absolute atomic E-state index is 0.766. The lowest BCUT2D eigenvalue weighted by Crippen LogP contribution is -2.65. The van der Waals surface area contributed by atoms with Crippen molar-refractivity contribution in [3.63, 3.8) is 0 Å². The first-order chi connectivity index (χ1) is 8.71. The van der Waals surface area contributed by atoms with Crippen molar-refractivity contribution in [2.24, 2.45) is 0 Å². The van der Waals surface area contributed by atoms with Gasteiger partial charge in [0.25, 0.3) is 10.1 Å². The normalized spacial score (nSPS) is 17.0. The molecule has 0 bridgehead atoms. The molecule has 0 rings (SSSR count). The second-order valence-electron chi connectivity index (χ2n) is 4.18. The van der Waals surface area contributed by atoms with Crippen molar-refractivity contribution in [3.05, 3.63) is 0 Å². The van der Waals surface area contributed by atoms with Crippen LogP contribution in [0, 0.1) is 0 Å². The highest BCUT2D eigenvalue weighted by Gasteiger charge is 2.77. The third-order valence-electron chi connectivity index (χ3n) is 2.23. The van der Waals surface area contributed by atoms with E-state index in [1.54, 1.807) is 0 Å². The third-order valence-corrected chi connectivity index (χ3v) is 10.5. The van der Waals surface area contributed by atoms with Gasteiger partial charge in [0.05, 0.1) is 6.26 Å². The molecule has 0 aliphatic carbocycles. The van der Waals surface area contributed by atoms with Crippen LogP contribution in [0.2, 0.25) is 0 Å². The molecule has 0 aliphatic heterocycles. The van der Waals surface area contributed by atoms with Crippen LogP contribution in [0.1, 0.15) is 0 Å². The fourth-order valence-corrected chi connectivity index (χ4v) is 15.1. The second-order valence-corrected chi connectivity index (χ2v) is 16.1. The zero-order chi connectivity index (χ0) is 17.7. The lowest BCUT2D eigenvalue weighted by molar-refractivity contribution is 0.495. The predicted molar refractivity (Wildman–Crippen MR) is 99.0 cm³/mol. The van der Waals surface area contributed by atoms with E-state index in [2.05, 4.69) is 0 Å². The molecule has 0 saturated carbocycles. The number of alkyl halides is 9. The lowest BCUT2D eigenvalue weighted by atomic mass is 10.2. The predicted octanol–water partition coefficient (Wildman–Crippen LogP) is 5.79. The number of hydrogen-bond donors (Lipinski definition) is 0. The van der Waals surface area contributed by atoms with Crippen molar-refractivity contribution in [1.82, 2.24) is 0 Å². The smallest absolute Gasteiger partial charge is 0.220 e. The maximum atomic E-state index is 11.5. The van der Waals surface area contributed by atoms with E-state index in [9.17, 15) is 8.42 Å². The van der Waals surface area contributed by atoms with Crippen LogP contribution >= 0.6 is 115 Å². The van der Waals surface area contributed by atoms with Gasteiger partial charge >= 0.3 is 0 Å². The van der Waals surface area contributed by atoms with Crippen molar-refractivity contribution < 1.29 is 12.0 Å². The van der Waals surface area contributed by atoms with E-state index in [0.717, 1.165) is 6.26 Å². The van der Waals surface area contributed by atoms with Gasteiger partial charge in [0, 0.05) is 0 Å². The van der Waals surface area contributed by atoms with Crippen molar-refractivity contribution in [2.75, 3.05) is 18.8 Å². The molecule has 0 saturated heterocycles. The summed E-state index contributed by atoms with van der Waals surface area (Å²) < 4.78 is 18.0. The van der Waals surface area contributed by atoms with Crippen LogP contribution in [-0.4, -0.2) is 43.3 Å². The van der Waals surface area contributed by atoms with Gasteiger partial charge in [-0.1, -0.05) is 104 Å². The summed E-state index contributed by atoms with van der Waals surface area (Å²) in [5.74, 6) is 0. The molecule has 0 amide bonds. The van der Waals surface area contributed by atoms with Crippen LogP contribution in [0.15, 0.2) is 0 Å². The van der Waals surface area contributed by atoms with Gasteiger partial charge in [-0.2, -0.15) is 8.42 Å². The summed E-state index contributed by atoms with van der Waals surface area (Å²) >= 11 is 53.2. The van der Waals surface area contributed by atoms with E-state index in [-0.39, 0.29) is 0 Å². The average molecular weight is 524 g/mol. The summed E-state index contributed by atoms with van der Waals surface area (Å²) in [7, 11) is -7.13. The van der Waals surface area contributed by atoms with Gasteiger partial charge in [-0.15, -0.1) is 10.3 Å². The van der Waals surface area contributed by atoms with Crippen LogP contribution in [0.25, 0.3) is 0 Å². The van der Waals surface area contributed by atoms with Gasteiger partial charge < -0.3 is 0 Å². The fourth-order valence-electron chi connectivity index (χ4n) is 1.68. The van der Waals surface area contributed by atoms with Crippen molar-refractivity contribution in [3.8, 4) is 0 Å². The highest BCUT2D eigenvalue weighted by atomic mass is 35.6. The van der Waals surface area contributed by atoms with Crippen LogP contribution in [-0.2, 0) is 13.7 Å². The summed E-state index contributed by atoms with van der Waals surface area (Å²) in [6, 6.07) is 0. The number of hydrogen-bond acceptors (Lipinski definition) is 3. The fraction of sp³-hybridized carbons (Fsp3) is 1.00. The van der Waals surface area contributed by atoms with Gasteiger partial charge in [0.2, 0.25) is 11.4 Å². The summed E-state index contributed by atoms with van der Waals surface area (Å²) in [6.45, 7) is 0. The Morgan fingerprint density at radius 1 is 0.667 bits per heavy atom. The molecule has 0 atom stereocenters. The molecule has 0 N–H and O–H groups in total. The van der Waals surface area contributed by atoms with E-state index < -0.39 is 36.6 Å². The van der Waals surface area contributed by atoms with E-state index in [1.165, 1.54) is 12.5 Å². The van der Waals surface area contributed by atoms with Crippen LogP contribution < -0.4 is 0 Å². The Bertz CT molecular complexity index is 449. The first-order valence-electron chi connectivity index (χ1n) is 4.55. The van der Waals surface area contributed by atoms with E-state index in [0.29, 0.717) is 0 Å². The maximum absolute atomic E-state index is 11.5. The zero-order valence-electron chi connectivity index (χ0n) is 10.4. The Labute approximate surface area is 170 Å². The molecule has 3 nitrogen and oxygen atoms in total. The molecule has 0 fully saturated rings. The van der Waals surface area contributed by atoms with E-state index in [4.69, 9.17) is 108 Å². The molecule has 0 aliphatic rings. The molecular weight excluding hydrogens is 515 g/mol. The second kappa shape index (κ2) is 6.88. The lowest BCUT2D eigenvalue weighted by Gasteiger charge is -2.58. The number of rotatable bonds is 3. The summed E-state index contributed by atoms with van der Waals surface area (Å²) in [5.41, 5.74) is 0. The average Bonchev–Trinajstić information content (AvgIpc) is 1.84. The molecule has 130 valence electrons. The zero-order valence-corrected chi connectivity index (χ0v) is 18.9. The Morgan fingerprint density at radius 2 is 0.905 bits per heavy atom. The Kier molecular flexibility index (Phi) is 7.82. The molecule has 0 aromatic heterocycles. The van der Waals surface area contributed by atoms with Gasteiger partial charge in [0.1, 0.15) is 0 Å². The van der Waals surface area contributed by atoms with Gasteiger partial charge in [-0.05, 0) is 12.5 Å². The van der Waals surface area contributed by atoms with Gasteiger partial charge in [0.15, 0.2) is 4.75 Å². The first kappa shape index (κ1) is 23.9. The van der Waals surface area contributed by atoms with Crippen LogP contribution in [0.4, 0.5) is 0 Å². The molecule has 21 heavy (non-hydrogen) atoms. The van der Waals surface area contributed by atoms with E-state index >= 15 is 0 Å². The highest BCUT2D eigenvalue weighted by Crippen LogP contribution is 2.77. The highest BCUT2D eigenvalue weighted by molar-refractivity contribution is 8.33. The Morgan fingerprint density at radius 3 is 1.05 bits per heavy atom. The maximum Gasteiger partial charge on any atom is 0.273 e. The van der Waals surface area contributed by atoms with Crippen LogP contribution in [0.3, 0.4) is 0 Å². The molecular formula is C7H9Cl9O3S2. The van der Waals surface area contributed by atoms with Gasteiger partial charge in [-0.25, -0.2) is 3.63 Å². The molecule has 0 spiro atoms. The van der Waals surface area contributed by atoms with E-state index in [1.807, 2.05) is 0 Å². The summed E-state index contributed by atoms with van der Waals surface area (Å²) in [6.07, 6.45) is 3.24. The Balaban J connectivity index is 6.71. The van der Waals surface area contributed by atoms with Crippen molar-refractivity contribution >= 4 is 125 Å². The van der Waals surface area contributed by atoms with Gasteiger partial charge in [-0.3, -0.25) is 0 Å². The molecule has 0 aromatic rings. The standard InChI is InChI=1S/C7H9Cl9O3S2/c1-20(2,19-21(3,17)18)4(5(8,9)10,6(11,12)13)7(14,15)16/h1-3H3. The Hall–Kier alpha value is 2.87. The quantitative estimate of drug-likeness (QED) is 0.439. The topological polar surface area (TPSA) is 43.4 Å². The van der Waals surface area contributed by atoms with Crippen molar-refractivity contribution in [2.45, 2.75) is 16.1 Å². The summed E-state index contributed by atoms with van der Waals surface area (Å²) in [4.78, 5) is 0. The molecule has 0 aromatic carbocycles. The first-order valence-corrected chi connectivity index (χ1v) is 12.1. The third kappa shape index (κ3) is 4.95. The molecule has 0 heterocycles. The minimum Gasteiger partial charge on any atom is -0.220 e. The van der Waals surface area contributed by atoms with Crippen LogP contribution in [0.5, 0.6) is 0 Å². The summed E-state index contributed by atoms with van der Waals surface area (Å²) in [5, 5.41) is 0. The SMILES string of the molecule is CS(C)(OS(C)(=O)=O)C(C(Cl)(Cl)Cl)(C(Cl)(Cl)Cl)C(Cl)(Cl)Cl. The molecule has 0 unspecified atom stereocenters.